The van der Waals surface area contributed by atoms with Crippen molar-refractivity contribution in [1.29, 1.82) is 0 Å². The number of nitrogens with one attached hydrogen (secondary N) is 1. The number of piperidine rings is 1. The fourth-order valence-electron chi connectivity index (χ4n) is 1.52. The van der Waals surface area contributed by atoms with E-state index in [9.17, 15) is 4.79 Å². The van der Waals surface area contributed by atoms with Crippen LogP contribution in [-0.4, -0.2) is 28.5 Å². The van der Waals surface area contributed by atoms with E-state index in [4.69, 9.17) is 4.84 Å². The monoisotopic (exact) mass is 195 g/mol. The van der Waals surface area contributed by atoms with E-state index in [2.05, 4.69) is 10.4 Å². The second-order valence-corrected chi connectivity index (χ2v) is 3.32. The number of carbonyl (C=O) groups excluding carboxylic acids is 1. The fraction of sp³-hybridized carbons (Fsp3) is 0.556. The van der Waals surface area contributed by atoms with E-state index in [1.807, 2.05) is 0 Å². The van der Waals surface area contributed by atoms with E-state index in [0.29, 0.717) is 0 Å². The van der Waals surface area contributed by atoms with Crippen LogP contribution in [0.2, 0.25) is 0 Å². The molecule has 1 aliphatic heterocycles. The zero-order chi connectivity index (χ0) is 9.80. The van der Waals surface area contributed by atoms with Crippen LogP contribution in [0, 0.1) is 0 Å². The van der Waals surface area contributed by atoms with E-state index >= 15 is 0 Å². The molecule has 1 N–H and O–H groups in total. The molecule has 1 fully saturated rings. The third kappa shape index (κ3) is 2.11. The summed E-state index contributed by atoms with van der Waals surface area (Å²) in [6, 6.07) is 1.54. The molecule has 1 saturated heterocycles. The molecular formula is C9H13N3O2. The minimum atomic E-state index is -0.256. The maximum absolute atomic E-state index is 11.5. The van der Waals surface area contributed by atoms with Crippen molar-refractivity contribution in [1.82, 2.24) is 15.3 Å². The Balaban J connectivity index is 1.88. The Hall–Kier alpha value is -1.36. The van der Waals surface area contributed by atoms with Crippen LogP contribution in [0.1, 0.15) is 19.3 Å². The van der Waals surface area contributed by atoms with Gasteiger partial charge < -0.3 is 10.2 Å². The van der Waals surface area contributed by atoms with Crippen LogP contribution in [-0.2, 0) is 4.79 Å². The van der Waals surface area contributed by atoms with Crippen molar-refractivity contribution in [2.75, 3.05) is 6.54 Å². The number of hydrogen-bond donors (Lipinski definition) is 1. The molecule has 1 unspecified atom stereocenters. The Morgan fingerprint density at radius 2 is 2.50 bits per heavy atom. The van der Waals surface area contributed by atoms with Gasteiger partial charge in [0.25, 0.3) is 0 Å². The topological polar surface area (TPSA) is 56.2 Å². The molecule has 2 heterocycles. The minimum absolute atomic E-state index is 0.173. The molecule has 5 nitrogen and oxygen atoms in total. The SMILES string of the molecule is O=C(On1cccn1)C1CCCCN1. The first-order valence-electron chi connectivity index (χ1n) is 4.81. The maximum Gasteiger partial charge on any atom is 0.351 e. The van der Waals surface area contributed by atoms with Gasteiger partial charge in [0.2, 0.25) is 0 Å². The number of nitrogens with zero attached hydrogens (tertiary/aromatic N) is 2. The quantitative estimate of drug-likeness (QED) is 0.720. The molecule has 0 bridgehead atoms. The van der Waals surface area contributed by atoms with Gasteiger partial charge in [-0.3, -0.25) is 0 Å². The first-order valence-corrected chi connectivity index (χ1v) is 4.81. The van der Waals surface area contributed by atoms with Crippen molar-refractivity contribution in [3.8, 4) is 0 Å². The van der Waals surface area contributed by atoms with Gasteiger partial charge in [0.05, 0.1) is 12.4 Å². The maximum atomic E-state index is 11.5. The second kappa shape index (κ2) is 4.23. The predicted molar refractivity (Wildman–Crippen MR) is 49.5 cm³/mol. The Bertz CT molecular complexity index is 291. The van der Waals surface area contributed by atoms with Gasteiger partial charge in [-0.2, -0.15) is 0 Å². The average Bonchev–Trinajstić information content (AvgIpc) is 2.72. The molecule has 0 aromatic carbocycles. The second-order valence-electron chi connectivity index (χ2n) is 3.32. The summed E-state index contributed by atoms with van der Waals surface area (Å²) in [5, 5.41) is 6.91. The summed E-state index contributed by atoms with van der Waals surface area (Å²) in [6.07, 6.45) is 6.22. The molecule has 14 heavy (non-hydrogen) atoms. The van der Waals surface area contributed by atoms with Gasteiger partial charge >= 0.3 is 5.97 Å². The smallest absolute Gasteiger partial charge is 0.318 e. The standard InChI is InChI=1S/C9H13N3O2/c13-9(8-4-1-2-5-10-8)14-12-7-3-6-11-12/h3,6-8,10H,1-2,4-5H2. The van der Waals surface area contributed by atoms with Crippen molar-refractivity contribution in [3.05, 3.63) is 18.5 Å². The molecule has 0 radical (unpaired) electrons. The Labute approximate surface area is 82.0 Å². The molecule has 0 aliphatic carbocycles. The van der Waals surface area contributed by atoms with Crippen LogP contribution in [0.5, 0.6) is 0 Å². The summed E-state index contributed by atoms with van der Waals surface area (Å²) in [5.74, 6) is -0.256. The van der Waals surface area contributed by atoms with Crippen LogP contribution < -0.4 is 10.2 Å². The van der Waals surface area contributed by atoms with E-state index in [1.54, 1.807) is 18.5 Å². The van der Waals surface area contributed by atoms with Crippen LogP contribution in [0.3, 0.4) is 0 Å². The molecule has 0 amide bonds. The zero-order valence-electron chi connectivity index (χ0n) is 7.85. The van der Waals surface area contributed by atoms with E-state index in [-0.39, 0.29) is 12.0 Å². The van der Waals surface area contributed by atoms with Crippen LogP contribution in [0.25, 0.3) is 0 Å². The van der Waals surface area contributed by atoms with Gasteiger partial charge in [-0.1, -0.05) is 11.3 Å². The van der Waals surface area contributed by atoms with Crippen molar-refractivity contribution in [2.24, 2.45) is 0 Å². The average molecular weight is 195 g/mol. The van der Waals surface area contributed by atoms with Crippen molar-refractivity contribution in [2.45, 2.75) is 25.3 Å². The Kier molecular flexibility index (Phi) is 2.78. The summed E-state index contributed by atoms with van der Waals surface area (Å²) in [5.41, 5.74) is 0. The number of hydrogen-bond acceptors (Lipinski definition) is 4. The van der Waals surface area contributed by atoms with Crippen LogP contribution in [0.4, 0.5) is 0 Å². The first-order chi connectivity index (χ1) is 6.86. The van der Waals surface area contributed by atoms with E-state index < -0.39 is 0 Å². The van der Waals surface area contributed by atoms with Gasteiger partial charge in [-0.15, -0.1) is 5.10 Å². The molecule has 1 aromatic heterocycles. The Morgan fingerprint density at radius 3 is 3.14 bits per heavy atom. The molecule has 0 saturated carbocycles. The molecule has 0 spiro atoms. The number of rotatable bonds is 2. The van der Waals surface area contributed by atoms with E-state index in [0.717, 1.165) is 25.8 Å². The summed E-state index contributed by atoms with van der Waals surface area (Å²) < 4.78 is 0. The van der Waals surface area contributed by atoms with Gasteiger partial charge in [0, 0.05) is 0 Å². The van der Waals surface area contributed by atoms with Gasteiger partial charge in [-0.25, -0.2) is 4.79 Å². The van der Waals surface area contributed by atoms with Crippen molar-refractivity contribution < 1.29 is 9.63 Å². The van der Waals surface area contributed by atoms with Crippen LogP contribution in [0.15, 0.2) is 18.5 Å². The molecular weight excluding hydrogens is 182 g/mol. The van der Waals surface area contributed by atoms with E-state index in [1.165, 1.54) is 4.85 Å². The van der Waals surface area contributed by atoms with Gasteiger partial charge in [0.15, 0.2) is 0 Å². The highest BCUT2D eigenvalue weighted by atomic mass is 16.7. The highest BCUT2D eigenvalue weighted by molar-refractivity contribution is 5.76. The van der Waals surface area contributed by atoms with Gasteiger partial charge in [-0.05, 0) is 25.5 Å². The molecule has 5 heteroatoms. The summed E-state index contributed by atoms with van der Waals surface area (Å²) in [4.78, 5) is 17.7. The molecule has 1 atom stereocenters. The van der Waals surface area contributed by atoms with Crippen molar-refractivity contribution >= 4 is 5.97 Å². The first kappa shape index (κ1) is 9.21. The fourth-order valence-corrected chi connectivity index (χ4v) is 1.52. The zero-order valence-corrected chi connectivity index (χ0v) is 7.85. The molecule has 76 valence electrons. The lowest BCUT2D eigenvalue weighted by Crippen LogP contribution is -2.44. The number of carbonyl (C=O) groups is 1. The van der Waals surface area contributed by atoms with Crippen LogP contribution >= 0.6 is 0 Å². The largest absolute Gasteiger partial charge is 0.351 e. The third-order valence-corrected chi connectivity index (χ3v) is 2.26. The van der Waals surface area contributed by atoms with Gasteiger partial charge in [0.1, 0.15) is 6.04 Å². The molecule has 2 rings (SSSR count). The third-order valence-electron chi connectivity index (χ3n) is 2.26. The summed E-state index contributed by atoms with van der Waals surface area (Å²) >= 11 is 0. The summed E-state index contributed by atoms with van der Waals surface area (Å²) in [7, 11) is 0. The number of aromatic nitrogens is 2. The molecule has 1 aromatic rings. The van der Waals surface area contributed by atoms with Crippen molar-refractivity contribution in [3.63, 3.8) is 0 Å². The lowest BCUT2D eigenvalue weighted by Gasteiger charge is -2.20. The highest BCUT2D eigenvalue weighted by Gasteiger charge is 2.22. The minimum Gasteiger partial charge on any atom is -0.318 e. The summed E-state index contributed by atoms with van der Waals surface area (Å²) in [6.45, 7) is 0.888. The lowest BCUT2D eigenvalue weighted by molar-refractivity contribution is -0.149. The normalized spacial score (nSPS) is 21.9. The lowest BCUT2D eigenvalue weighted by atomic mass is 10.1. The highest BCUT2D eigenvalue weighted by Crippen LogP contribution is 2.07. The predicted octanol–water partition coefficient (Wildman–Crippen LogP) is -0.0196. The Morgan fingerprint density at radius 1 is 1.57 bits per heavy atom. The molecule has 1 aliphatic rings.